The lowest BCUT2D eigenvalue weighted by Gasteiger charge is -2.29. The van der Waals surface area contributed by atoms with Gasteiger partial charge >= 0.3 is 0 Å². The average molecular weight is 403 g/mol. The lowest BCUT2D eigenvalue weighted by molar-refractivity contribution is -0.122. The summed E-state index contributed by atoms with van der Waals surface area (Å²) in [5.74, 6) is 0.00159. The molecule has 0 saturated carbocycles. The monoisotopic (exact) mass is 403 g/mol. The van der Waals surface area contributed by atoms with Crippen molar-refractivity contribution in [1.29, 1.82) is 0 Å². The second-order valence-electron chi connectivity index (χ2n) is 7.73. The minimum Gasteiger partial charge on any atom is -0.350 e. The third-order valence-electron chi connectivity index (χ3n) is 5.44. The van der Waals surface area contributed by atoms with E-state index in [2.05, 4.69) is 33.0 Å². The molecule has 0 aliphatic carbocycles. The molecule has 1 aromatic heterocycles. The van der Waals surface area contributed by atoms with E-state index in [4.69, 9.17) is 0 Å². The molecule has 2 amide bonds. The van der Waals surface area contributed by atoms with E-state index in [0.29, 0.717) is 31.5 Å². The van der Waals surface area contributed by atoms with Crippen LogP contribution < -0.4 is 10.6 Å². The number of hydrogen-bond donors (Lipinski definition) is 2. The smallest absolute Gasteiger partial charge is 0.220 e. The van der Waals surface area contributed by atoms with Crippen molar-refractivity contribution < 1.29 is 9.59 Å². The van der Waals surface area contributed by atoms with E-state index in [-0.39, 0.29) is 17.4 Å². The van der Waals surface area contributed by atoms with Crippen LogP contribution in [0.25, 0.3) is 5.69 Å². The minimum atomic E-state index is -0.355. The Bertz CT molecular complexity index is 1000. The van der Waals surface area contributed by atoms with Crippen LogP contribution in [0.2, 0.25) is 0 Å². The Morgan fingerprint density at radius 1 is 1.10 bits per heavy atom. The summed E-state index contributed by atoms with van der Waals surface area (Å²) < 4.78 is 0. The molecule has 2 N–H and O–H groups in total. The fourth-order valence-corrected chi connectivity index (χ4v) is 3.86. The van der Waals surface area contributed by atoms with Gasteiger partial charge in [0.1, 0.15) is 5.69 Å². The van der Waals surface area contributed by atoms with Gasteiger partial charge < -0.3 is 10.6 Å². The number of rotatable bonds is 8. The number of hydrogen-bond acceptors (Lipinski definition) is 4. The second kappa shape index (κ2) is 8.90. The van der Waals surface area contributed by atoms with Crippen LogP contribution in [0, 0.1) is 0 Å². The highest BCUT2D eigenvalue weighted by atomic mass is 16.2. The quantitative estimate of drug-likeness (QED) is 0.605. The van der Waals surface area contributed by atoms with E-state index in [1.807, 2.05) is 48.5 Å². The van der Waals surface area contributed by atoms with Crippen LogP contribution in [0.15, 0.2) is 66.9 Å². The van der Waals surface area contributed by atoms with E-state index >= 15 is 0 Å². The first-order valence-electron chi connectivity index (χ1n) is 10.2. The molecular formula is C23H25N5O2. The molecule has 1 saturated heterocycles. The summed E-state index contributed by atoms with van der Waals surface area (Å²) >= 11 is 0. The summed E-state index contributed by atoms with van der Waals surface area (Å²) in [5.41, 5.74) is 2.37. The molecule has 1 fully saturated rings. The molecule has 7 nitrogen and oxygen atoms in total. The van der Waals surface area contributed by atoms with Gasteiger partial charge in [-0.1, -0.05) is 48.5 Å². The first kappa shape index (κ1) is 19.8. The molecule has 1 atom stereocenters. The highest BCUT2D eigenvalue weighted by Gasteiger charge is 2.37. The zero-order chi connectivity index (χ0) is 20.8. The van der Waals surface area contributed by atoms with Crippen LogP contribution in [0.4, 0.5) is 0 Å². The average Bonchev–Trinajstić information content (AvgIpc) is 3.39. The SMILES string of the molecule is O=C(CCC1(Cc2ccccc2)CCC(=O)N1)NCc1cnn(-c2ccccc2)n1. The van der Waals surface area contributed by atoms with E-state index < -0.39 is 0 Å². The molecule has 1 aliphatic rings. The van der Waals surface area contributed by atoms with Crippen molar-refractivity contribution in [3.05, 3.63) is 78.1 Å². The van der Waals surface area contributed by atoms with Crippen LogP contribution in [0.3, 0.4) is 0 Å². The van der Waals surface area contributed by atoms with E-state index in [1.54, 1.807) is 11.0 Å². The molecule has 0 spiro atoms. The number of carbonyl (C=O) groups excluding carboxylic acids is 2. The maximum Gasteiger partial charge on any atom is 0.220 e. The number of nitrogens with zero attached hydrogens (tertiary/aromatic N) is 3. The van der Waals surface area contributed by atoms with Crippen molar-refractivity contribution >= 4 is 11.8 Å². The third kappa shape index (κ3) is 4.92. The molecule has 3 aromatic rings. The molecule has 2 heterocycles. The molecule has 30 heavy (non-hydrogen) atoms. The van der Waals surface area contributed by atoms with E-state index in [9.17, 15) is 9.59 Å². The molecule has 0 bridgehead atoms. The first-order chi connectivity index (χ1) is 14.6. The summed E-state index contributed by atoms with van der Waals surface area (Å²) in [6.07, 6.45) is 4.60. The zero-order valence-electron chi connectivity index (χ0n) is 16.8. The number of para-hydroxylation sites is 1. The molecule has 2 aromatic carbocycles. The minimum absolute atomic E-state index is 0.0575. The van der Waals surface area contributed by atoms with Gasteiger partial charge in [0, 0.05) is 18.4 Å². The molecule has 4 rings (SSSR count). The van der Waals surface area contributed by atoms with Crippen molar-refractivity contribution in [2.45, 2.75) is 44.2 Å². The highest BCUT2D eigenvalue weighted by molar-refractivity contribution is 5.80. The molecule has 7 heteroatoms. The van der Waals surface area contributed by atoms with Crippen LogP contribution in [0.5, 0.6) is 0 Å². The lowest BCUT2D eigenvalue weighted by atomic mass is 9.85. The van der Waals surface area contributed by atoms with E-state index in [1.165, 1.54) is 0 Å². The predicted molar refractivity (Wildman–Crippen MR) is 113 cm³/mol. The van der Waals surface area contributed by atoms with Gasteiger partial charge in [-0.2, -0.15) is 15.0 Å². The third-order valence-corrected chi connectivity index (χ3v) is 5.44. The number of carbonyl (C=O) groups is 2. The Morgan fingerprint density at radius 3 is 2.53 bits per heavy atom. The van der Waals surface area contributed by atoms with Crippen molar-refractivity contribution in [3.63, 3.8) is 0 Å². The molecular weight excluding hydrogens is 378 g/mol. The number of benzene rings is 2. The van der Waals surface area contributed by atoms with Gasteiger partial charge in [0.2, 0.25) is 11.8 Å². The molecule has 1 unspecified atom stereocenters. The fourth-order valence-electron chi connectivity index (χ4n) is 3.86. The van der Waals surface area contributed by atoms with Gasteiger partial charge in [0.05, 0.1) is 18.4 Å². The molecule has 1 aliphatic heterocycles. The van der Waals surface area contributed by atoms with Gasteiger partial charge in [0.25, 0.3) is 0 Å². The van der Waals surface area contributed by atoms with Crippen LogP contribution >= 0.6 is 0 Å². The maximum atomic E-state index is 12.4. The van der Waals surface area contributed by atoms with Crippen molar-refractivity contribution in [3.8, 4) is 5.69 Å². The number of nitrogens with one attached hydrogen (secondary N) is 2. The predicted octanol–water partition coefficient (Wildman–Crippen LogP) is 2.56. The Kier molecular flexibility index (Phi) is 5.88. The van der Waals surface area contributed by atoms with Gasteiger partial charge in [-0.05, 0) is 37.0 Å². The lowest BCUT2D eigenvalue weighted by Crippen LogP contribution is -2.44. The summed E-state index contributed by atoms with van der Waals surface area (Å²) in [4.78, 5) is 25.9. The molecule has 154 valence electrons. The van der Waals surface area contributed by atoms with Gasteiger partial charge in [-0.25, -0.2) is 0 Å². The summed E-state index contributed by atoms with van der Waals surface area (Å²) in [6, 6.07) is 19.7. The first-order valence-corrected chi connectivity index (χ1v) is 10.2. The second-order valence-corrected chi connectivity index (χ2v) is 7.73. The van der Waals surface area contributed by atoms with Crippen molar-refractivity contribution in [1.82, 2.24) is 25.6 Å². The van der Waals surface area contributed by atoms with E-state index in [0.717, 1.165) is 24.1 Å². The standard InChI is InChI=1S/C23H25N5O2/c29-21(24-16-19-17-25-28(27-19)20-9-5-2-6-10-20)11-13-23(14-12-22(30)26-23)15-18-7-3-1-4-8-18/h1-10,17H,11-16H2,(H,24,29)(H,26,30). The number of amides is 2. The fraction of sp³-hybridized carbons (Fsp3) is 0.304. The Hall–Kier alpha value is -3.48. The largest absolute Gasteiger partial charge is 0.350 e. The van der Waals surface area contributed by atoms with Gasteiger partial charge in [0.15, 0.2) is 0 Å². The normalized spacial score (nSPS) is 18.2. The Balaban J connectivity index is 1.31. The van der Waals surface area contributed by atoms with Crippen LogP contribution in [-0.4, -0.2) is 32.3 Å². The Labute approximate surface area is 175 Å². The van der Waals surface area contributed by atoms with Crippen LogP contribution in [0.1, 0.15) is 36.9 Å². The summed E-state index contributed by atoms with van der Waals surface area (Å²) in [6.45, 7) is 0.323. The van der Waals surface area contributed by atoms with Gasteiger partial charge in [-0.15, -0.1) is 0 Å². The zero-order valence-corrected chi connectivity index (χ0v) is 16.8. The number of aromatic nitrogens is 3. The Morgan fingerprint density at radius 2 is 1.83 bits per heavy atom. The summed E-state index contributed by atoms with van der Waals surface area (Å²) in [5, 5.41) is 14.7. The molecule has 0 radical (unpaired) electrons. The highest BCUT2D eigenvalue weighted by Crippen LogP contribution is 2.29. The van der Waals surface area contributed by atoms with Crippen LogP contribution in [-0.2, 0) is 22.6 Å². The van der Waals surface area contributed by atoms with Crippen molar-refractivity contribution in [2.75, 3.05) is 0 Å². The summed E-state index contributed by atoms with van der Waals surface area (Å²) in [7, 11) is 0. The van der Waals surface area contributed by atoms with Crippen molar-refractivity contribution in [2.24, 2.45) is 0 Å². The topological polar surface area (TPSA) is 88.9 Å². The maximum absolute atomic E-state index is 12.4. The van der Waals surface area contributed by atoms with Gasteiger partial charge in [-0.3, -0.25) is 9.59 Å².